The first kappa shape index (κ1) is 30.9. The van der Waals surface area contributed by atoms with Gasteiger partial charge in [0.25, 0.3) is 0 Å². The quantitative estimate of drug-likeness (QED) is 0.258. The molecule has 0 heterocycles. The third kappa shape index (κ3) is 6.37. The van der Waals surface area contributed by atoms with E-state index in [1.54, 1.807) is 20.8 Å². The molecule has 1 amide bonds. The van der Waals surface area contributed by atoms with Crippen molar-refractivity contribution < 1.29 is 29.0 Å². The second-order valence-electron chi connectivity index (χ2n) is 14.6. The zero-order chi connectivity index (χ0) is 29.5. The van der Waals surface area contributed by atoms with E-state index in [4.69, 9.17) is 9.47 Å². The average molecular weight is 561 g/mol. The van der Waals surface area contributed by atoms with Crippen LogP contribution in [0.2, 0.25) is 0 Å². The number of allylic oxidation sites excluding steroid dienone is 1. The highest BCUT2D eigenvalue weighted by atomic mass is 16.6. The van der Waals surface area contributed by atoms with Gasteiger partial charge in [-0.1, -0.05) is 32.4 Å². The molecule has 0 aromatic heterocycles. The maximum absolute atomic E-state index is 12.1. The molecule has 0 bridgehead atoms. The highest BCUT2D eigenvalue weighted by molar-refractivity contribution is 5.80. The monoisotopic (exact) mass is 560 g/mol. The van der Waals surface area contributed by atoms with Crippen LogP contribution in [0, 0.1) is 40.4 Å². The number of nitrogens with one attached hydrogen (secondary N) is 2. The first-order valence-corrected chi connectivity index (χ1v) is 15.4. The van der Waals surface area contributed by atoms with Crippen molar-refractivity contribution >= 4 is 18.0 Å². The van der Waals surface area contributed by atoms with Gasteiger partial charge in [-0.3, -0.25) is 4.79 Å². The molecule has 4 aliphatic carbocycles. The number of carboxylic acids is 1. The Balaban J connectivity index is 1.35. The summed E-state index contributed by atoms with van der Waals surface area (Å²) < 4.78 is 10.8. The Kier molecular flexibility index (Phi) is 8.99. The third-order valence-electron chi connectivity index (χ3n) is 11.0. The van der Waals surface area contributed by atoms with Gasteiger partial charge in [0.05, 0.1) is 0 Å². The van der Waals surface area contributed by atoms with Crippen LogP contribution in [0.15, 0.2) is 11.6 Å². The highest BCUT2D eigenvalue weighted by Gasteiger charge is 2.59. The number of hydrogen-bond donors (Lipinski definition) is 3. The standard InChI is InChI=1S/C32H52N2O6/c1-19(17-33-18-27(28(36)37)34-29(38)40-30(3,4)5)24-10-11-25-23-9-8-21-16-22(39-20(2)35)12-14-31(21,6)26(23)13-15-32(24,25)7/h8,19,22-27,33H,9-18H2,1-7H3,(H,34,38)(H,36,37)/t19-,22+,23+,24-,25+,26+,27+,31+,32-/m1/s1. The number of carbonyl (C=O) groups is 3. The fourth-order valence-electron chi connectivity index (χ4n) is 9.19. The van der Waals surface area contributed by atoms with Gasteiger partial charge in [0.2, 0.25) is 0 Å². The maximum Gasteiger partial charge on any atom is 0.408 e. The fourth-order valence-corrected chi connectivity index (χ4v) is 9.19. The van der Waals surface area contributed by atoms with Crippen LogP contribution in [0.1, 0.15) is 99.8 Å². The number of ether oxygens (including phenoxy) is 2. The minimum absolute atomic E-state index is 0.0338. The van der Waals surface area contributed by atoms with E-state index >= 15 is 0 Å². The molecule has 4 rings (SSSR count). The lowest BCUT2D eigenvalue weighted by Gasteiger charge is -2.58. The number of hydrogen-bond acceptors (Lipinski definition) is 6. The van der Waals surface area contributed by atoms with E-state index in [1.165, 1.54) is 38.2 Å². The molecule has 40 heavy (non-hydrogen) atoms. The molecule has 3 fully saturated rings. The Morgan fingerprint density at radius 3 is 2.45 bits per heavy atom. The van der Waals surface area contributed by atoms with Gasteiger partial charge < -0.3 is 25.2 Å². The van der Waals surface area contributed by atoms with Crippen LogP contribution in [0.5, 0.6) is 0 Å². The number of carbonyl (C=O) groups excluding carboxylic acids is 2. The number of fused-ring (bicyclic) bond motifs is 5. The van der Waals surface area contributed by atoms with Crippen molar-refractivity contribution in [1.82, 2.24) is 10.6 Å². The smallest absolute Gasteiger partial charge is 0.408 e. The molecule has 9 atom stereocenters. The van der Waals surface area contributed by atoms with E-state index in [0.717, 1.165) is 32.2 Å². The normalized spacial score (nSPS) is 36.7. The van der Waals surface area contributed by atoms with E-state index in [1.807, 2.05) is 0 Å². The van der Waals surface area contributed by atoms with Crippen LogP contribution in [-0.2, 0) is 19.1 Å². The van der Waals surface area contributed by atoms with Gasteiger partial charge >= 0.3 is 18.0 Å². The minimum atomic E-state index is -1.07. The molecular weight excluding hydrogens is 508 g/mol. The van der Waals surface area contributed by atoms with Gasteiger partial charge in [-0.2, -0.15) is 0 Å². The summed E-state index contributed by atoms with van der Waals surface area (Å²) in [5.74, 6) is 1.87. The molecule has 0 saturated heterocycles. The summed E-state index contributed by atoms with van der Waals surface area (Å²) in [6.07, 6.45) is 10.9. The first-order valence-electron chi connectivity index (χ1n) is 15.4. The van der Waals surface area contributed by atoms with Crippen LogP contribution in [0.4, 0.5) is 4.79 Å². The first-order chi connectivity index (χ1) is 18.6. The maximum atomic E-state index is 12.1. The zero-order valence-electron chi connectivity index (χ0n) is 25.7. The minimum Gasteiger partial charge on any atom is -0.480 e. The SMILES string of the molecule is CC(=O)O[C@H]1CC[C@@]2(C)C(=CC[C@H]3[C@@H]4CC[C@H]([C@H](C)CNC[C@H](NC(=O)OC(C)(C)C)C(=O)O)[C@@]4(C)CC[C@@H]32)C1. The van der Waals surface area contributed by atoms with Crippen molar-refractivity contribution in [3.05, 3.63) is 11.6 Å². The molecule has 0 radical (unpaired) electrons. The number of alkyl carbamates (subject to hydrolysis) is 1. The van der Waals surface area contributed by atoms with Gasteiger partial charge in [-0.05, 0) is 113 Å². The molecule has 3 N–H and O–H groups in total. The van der Waals surface area contributed by atoms with Crippen molar-refractivity contribution in [1.29, 1.82) is 0 Å². The molecule has 8 heteroatoms. The molecule has 0 aliphatic heterocycles. The molecule has 3 saturated carbocycles. The molecule has 4 aliphatic rings. The lowest BCUT2D eigenvalue weighted by molar-refractivity contribution is -0.148. The summed E-state index contributed by atoms with van der Waals surface area (Å²) in [5.41, 5.74) is 1.35. The molecular formula is C32H52N2O6. The van der Waals surface area contributed by atoms with Crippen LogP contribution in [0.3, 0.4) is 0 Å². The summed E-state index contributed by atoms with van der Waals surface area (Å²) >= 11 is 0. The second-order valence-corrected chi connectivity index (χ2v) is 14.6. The predicted octanol–water partition coefficient (Wildman–Crippen LogP) is 5.70. The largest absolute Gasteiger partial charge is 0.480 e. The van der Waals surface area contributed by atoms with E-state index in [9.17, 15) is 19.5 Å². The van der Waals surface area contributed by atoms with Crippen LogP contribution < -0.4 is 10.6 Å². The average Bonchev–Trinajstić information content (AvgIpc) is 3.19. The van der Waals surface area contributed by atoms with E-state index < -0.39 is 23.7 Å². The van der Waals surface area contributed by atoms with Crippen molar-refractivity contribution in [2.75, 3.05) is 13.1 Å². The van der Waals surface area contributed by atoms with Crippen LogP contribution >= 0.6 is 0 Å². The number of esters is 1. The molecule has 0 spiro atoms. The van der Waals surface area contributed by atoms with Gasteiger partial charge in [0.15, 0.2) is 0 Å². The number of aliphatic carboxylic acids is 1. The summed E-state index contributed by atoms with van der Waals surface area (Å²) in [5, 5.41) is 15.5. The molecule has 8 nitrogen and oxygen atoms in total. The van der Waals surface area contributed by atoms with Crippen molar-refractivity contribution in [3.63, 3.8) is 0 Å². The fraction of sp³-hybridized carbons (Fsp3) is 0.844. The lowest BCUT2D eigenvalue weighted by atomic mass is 9.47. The van der Waals surface area contributed by atoms with E-state index in [2.05, 4.69) is 37.5 Å². The van der Waals surface area contributed by atoms with Crippen molar-refractivity contribution in [2.45, 2.75) is 118 Å². The topological polar surface area (TPSA) is 114 Å². The summed E-state index contributed by atoms with van der Waals surface area (Å²) in [4.78, 5) is 35.4. The summed E-state index contributed by atoms with van der Waals surface area (Å²) in [7, 11) is 0. The molecule has 0 unspecified atom stereocenters. The number of carboxylic acid groups (broad SMARTS) is 1. The van der Waals surface area contributed by atoms with Gasteiger partial charge in [0.1, 0.15) is 17.7 Å². The van der Waals surface area contributed by atoms with Gasteiger partial charge in [-0.25, -0.2) is 9.59 Å². The van der Waals surface area contributed by atoms with Crippen LogP contribution in [0.25, 0.3) is 0 Å². The Morgan fingerprint density at radius 2 is 1.80 bits per heavy atom. The summed E-state index contributed by atoms with van der Waals surface area (Å²) in [6.45, 7) is 15.0. The Hall–Kier alpha value is -2.09. The highest BCUT2D eigenvalue weighted by Crippen LogP contribution is 2.67. The number of amides is 1. The van der Waals surface area contributed by atoms with E-state index in [0.29, 0.717) is 35.0 Å². The summed E-state index contributed by atoms with van der Waals surface area (Å²) in [6, 6.07) is -1.04. The molecule has 226 valence electrons. The van der Waals surface area contributed by atoms with Crippen LogP contribution in [-0.4, -0.2) is 54.0 Å². The van der Waals surface area contributed by atoms with Crippen molar-refractivity contribution in [2.24, 2.45) is 40.4 Å². The van der Waals surface area contributed by atoms with E-state index in [-0.39, 0.29) is 24.0 Å². The Labute approximate surface area is 240 Å². The zero-order valence-corrected chi connectivity index (χ0v) is 25.7. The van der Waals surface area contributed by atoms with Gasteiger partial charge in [0, 0.05) is 19.9 Å². The third-order valence-corrected chi connectivity index (χ3v) is 11.0. The Morgan fingerprint density at radius 1 is 1.07 bits per heavy atom. The molecule has 0 aromatic rings. The Bertz CT molecular complexity index is 1000. The predicted molar refractivity (Wildman–Crippen MR) is 154 cm³/mol. The molecule has 0 aromatic carbocycles. The second kappa shape index (κ2) is 11.7. The number of rotatable bonds is 8. The van der Waals surface area contributed by atoms with Crippen molar-refractivity contribution in [3.8, 4) is 0 Å². The lowest BCUT2D eigenvalue weighted by Crippen LogP contribution is -2.52. The van der Waals surface area contributed by atoms with Gasteiger partial charge in [-0.15, -0.1) is 0 Å².